The standard InChI is InChI=1S/C42H66FN3O4Si2/c1-39(2,3)25-29-23-32-34(26-42(20-16-21-42)48-37(32)45-27-29)44-28-35(50-52(13,14)41(7,8)9)33(46-38(47)49-40(4,5)6)24-31-18-15-17-30(36(31)43)19-22-51(10,11)12/h15,17-18,23,27,33-35,44H,16,20-21,24-26,28H2,1-14H3,(H,46,47)/t33-,34-,35+/m0/s1. The molecule has 1 spiro atoms. The highest BCUT2D eigenvalue weighted by molar-refractivity contribution is 6.83. The number of amides is 1. The third-order valence-corrected chi connectivity index (χ3v) is 15.6. The molecular formula is C42H66FN3O4Si2. The lowest BCUT2D eigenvalue weighted by molar-refractivity contribution is -0.0419. The maximum absolute atomic E-state index is 16.2. The van der Waals surface area contributed by atoms with Crippen molar-refractivity contribution >= 4 is 22.5 Å². The van der Waals surface area contributed by atoms with Crippen LogP contribution >= 0.6 is 0 Å². The van der Waals surface area contributed by atoms with E-state index >= 15 is 4.39 Å². The molecule has 1 fully saturated rings. The number of nitrogens with one attached hydrogen (secondary N) is 2. The van der Waals surface area contributed by atoms with E-state index in [1.165, 1.54) is 5.56 Å². The molecule has 7 nitrogen and oxygen atoms in total. The zero-order valence-corrected chi connectivity index (χ0v) is 36.5. The molecule has 2 aliphatic rings. The molecule has 1 saturated carbocycles. The van der Waals surface area contributed by atoms with Gasteiger partial charge < -0.3 is 24.5 Å². The average molecular weight is 752 g/mol. The van der Waals surface area contributed by atoms with Crippen molar-refractivity contribution in [2.45, 2.75) is 168 Å². The van der Waals surface area contributed by atoms with Gasteiger partial charge in [0.05, 0.1) is 17.7 Å². The van der Waals surface area contributed by atoms with Crippen LogP contribution in [-0.2, 0) is 22.0 Å². The first kappa shape index (κ1) is 42.0. The Morgan fingerprint density at radius 2 is 1.75 bits per heavy atom. The highest BCUT2D eigenvalue weighted by Gasteiger charge is 2.47. The number of fused-ring (bicyclic) bond motifs is 1. The topological polar surface area (TPSA) is 81.7 Å². The van der Waals surface area contributed by atoms with Crippen LogP contribution < -0.4 is 15.4 Å². The van der Waals surface area contributed by atoms with Crippen molar-refractivity contribution in [1.82, 2.24) is 15.6 Å². The number of alkyl carbamates (subject to hydrolysis) is 1. The van der Waals surface area contributed by atoms with Gasteiger partial charge in [-0.2, -0.15) is 0 Å². The molecule has 1 aliphatic carbocycles. The first-order valence-corrected chi connectivity index (χ1v) is 25.5. The summed E-state index contributed by atoms with van der Waals surface area (Å²) in [7, 11) is -4.14. The molecule has 0 unspecified atom stereocenters. The van der Waals surface area contributed by atoms with Crippen LogP contribution in [-0.4, -0.2) is 57.4 Å². The number of benzene rings is 1. The van der Waals surface area contributed by atoms with E-state index in [4.69, 9.17) is 18.9 Å². The molecule has 2 aromatic rings. The number of hydrogen-bond donors (Lipinski definition) is 2. The van der Waals surface area contributed by atoms with Gasteiger partial charge in [0.25, 0.3) is 0 Å². The van der Waals surface area contributed by atoms with E-state index in [-0.39, 0.29) is 34.3 Å². The molecule has 2 N–H and O–H groups in total. The lowest BCUT2D eigenvalue weighted by Gasteiger charge is -2.48. The first-order chi connectivity index (χ1) is 23.7. The highest BCUT2D eigenvalue weighted by Crippen LogP contribution is 2.48. The number of aromatic nitrogens is 1. The summed E-state index contributed by atoms with van der Waals surface area (Å²) >= 11 is 0. The van der Waals surface area contributed by atoms with Gasteiger partial charge in [0.1, 0.15) is 25.1 Å². The number of halogens is 1. The smallest absolute Gasteiger partial charge is 0.407 e. The summed E-state index contributed by atoms with van der Waals surface area (Å²) in [5, 5.41) is 6.93. The van der Waals surface area contributed by atoms with Crippen molar-refractivity contribution in [3.05, 3.63) is 58.5 Å². The molecule has 288 valence electrons. The second-order valence-electron chi connectivity index (χ2n) is 19.9. The Morgan fingerprint density at radius 3 is 2.31 bits per heavy atom. The van der Waals surface area contributed by atoms with Gasteiger partial charge in [-0.1, -0.05) is 79.2 Å². The van der Waals surface area contributed by atoms with Crippen LogP contribution in [0, 0.1) is 22.7 Å². The summed E-state index contributed by atoms with van der Waals surface area (Å²) in [6, 6.07) is 6.98. The van der Waals surface area contributed by atoms with E-state index in [0.717, 1.165) is 37.7 Å². The first-order valence-electron chi connectivity index (χ1n) is 19.1. The van der Waals surface area contributed by atoms with Crippen molar-refractivity contribution in [2.75, 3.05) is 6.54 Å². The van der Waals surface area contributed by atoms with Gasteiger partial charge >= 0.3 is 6.09 Å². The highest BCUT2D eigenvalue weighted by atomic mass is 28.4. The third-order valence-electron chi connectivity index (χ3n) is 10.3. The van der Waals surface area contributed by atoms with E-state index in [1.807, 2.05) is 33.0 Å². The largest absolute Gasteiger partial charge is 0.471 e. The van der Waals surface area contributed by atoms with Crippen molar-refractivity contribution in [2.24, 2.45) is 5.41 Å². The van der Waals surface area contributed by atoms with Crippen molar-refractivity contribution in [3.8, 4) is 17.3 Å². The van der Waals surface area contributed by atoms with E-state index in [0.29, 0.717) is 23.6 Å². The maximum Gasteiger partial charge on any atom is 0.407 e. The predicted octanol–water partition coefficient (Wildman–Crippen LogP) is 9.90. The lowest BCUT2D eigenvalue weighted by atomic mass is 9.73. The number of pyridine rings is 1. The molecular weight excluding hydrogens is 686 g/mol. The van der Waals surface area contributed by atoms with Crippen LogP contribution in [0.15, 0.2) is 30.5 Å². The normalized spacial score (nSPS) is 18.6. The minimum absolute atomic E-state index is 0.0268. The summed E-state index contributed by atoms with van der Waals surface area (Å²) in [4.78, 5) is 18.4. The predicted molar refractivity (Wildman–Crippen MR) is 216 cm³/mol. The monoisotopic (exact) mass is 751 g/mol. The summed E-state index contributed by atoms with van der Waals surface area (Å²) in [5.74, 6) is 3.45. The molecule has 0 saturated heterocycles. The second-order valence-corrected chi connectivity index (χ2v) is 29.4. The van der Waals surface area contributed by atoms with Crippen molar-refractivity contribution in [1.29, 1.82) is 0 Å². The van der Waals surface area contributed by atoms with Crippen LogP contribution in [0.2, 0.25) is 37.8 Å². The fourth-order valence-electron chi connectivity index (χ4n) is 6.49. The Morgan fingerprint density at radius 1 is 1.08 bits per heavy atom. The number of nitrogens with zero attached hydrogens (tertiary/aromatic N) is 1. The lowest BCUT2D eigenvalue weighted by Crippen LogP contribution is -2.57. The van der Waals surface area contributed by atoms with Crippen LogP contribution in [0.3, 0.4) is 0 Å². The zero-order valence-electron chi connectivity index (χ0n) is 34.5. The number of carbonyl (C=O) groups excluding carboxylic acids is 1. The Kier molecular flexibility index (Phi) is 12.6. The van der Waals surface area contributed by atoms with E-state index in [1.54, 1.807) is 12.1 Å². The van der Waals surface area contributed by atoms with Gasteiger partial charge in [-0.15, -0.1) is 5.54 Å². The third kappa shape index (κ3) is 11.6. The second kappa shape index (κ2) is 15.6. The number of rotatable bonds is 10. The minimum Gasteiger partial charge on any atom is -0.471 e. The van der Waals surface area contributed by atoms with Gasteiger partial charge in [0.2, 0.25) is 5.88 Å². The summed E-state index contributed by atoms with van der Waals surface area (Å²) < 4.78 is 35.8. The maximum atomic E-state index is 16.2. The number of hydrogen-bond acceptors (Lipinski definition) is 6. The zero-order chi connectivity index (χ0) is 38.9. The molecule has 1 aromatic carbocycles. The van der Waals surface area contributed by atoms with Crippen LogP contribution in [0.25, 0.3) is 0 Å². The quantitative estimate of drug-likeness (QED) is 0.186. The van der Waals surface area contributed by atoms with E-state index < -0.39 is 40.2 Å². The van der Waals surface area contributed by atoms with Crippen LogP contribution in [0.5, 0.6) is 5.88 Å². The fourth-order valence-corrected chi connectivity index (χ4v) is 8.35. The molecule has 1 aromatic heterocycles. The Hall–Kier alpha value is -2.72. The van der Waals surface area contributed by atoms with Crippen molar-refractivity contribution < 1.29 is 23.1 Å². The summed E-state index contributed by atoms with van der Waals surface area (Å²) in [5.41, 5.74) is 5.56. The van der Waals surface area contributed by atoms with Gasteiger partial charge in [0, 0.05) is 30.8 Å². The molecule has 0 bridgehead atoms. The van der Waals surface area contributed by atoms with E-state index in [2.05, 4.69) is 102 Å². The number of ether oxygens (including phenoxy) is 2. The van der Waals surface area contributed by atoms with Gasteiger partial charge in [0.15, 0.2) is 8.32 Å². The molecule has 4 rings (SSSR count). The summed E-state index contributed by atoms with van der Waals surface area (Å²) in [6.07, 6.45) is 5.96. The van der Waals surface area contributed by atoms with Gasteiger partial charge in [-0.05, 0) is 99.7 Å². The molecule has 52 heavy (non-hydrogen) atoms. The Bertz CT molecular complexity index is 1640. The average Bonchev–Trinajstić information content (AvgIpc) is 2.95. The van der Waals surface area contributed by atoms with Crippen LogP contribution in [0.1, 0.15) is 116 Å². The molecule has 2 heterocycles. The van der Waals surface area contributed by atoms with Gasteiger partial charge in [-0.3, -0.25) is 0 Å². The molecule has 1 aliphatic heterocycles. The van der Waals surface area contributed by atoms with E-state index in [9.17, 15) is 4.79 Å². The molecule has 0 radical (unpaired) electrons. The van der Waals surface area contributed by atoms with Gasteiger partial charge in [-0.25, -0.2) is 14.2 Å². The molecule has 1 amide bonds. The summed E-state index contributed by atoms with van der Waals surface area (Å²) in [6.45, 7) is 30.1. The number of carbonyl (C=O) groups is 1. The molecule has 3 atom stereocenters. The minimum atomic E-state index is -2.40. The Balaban J connectivity index is 1.75. The van der Waals surface area contributed by atoms with Crippen molar-refractivity contribution in [3.63, 3.8) is 0 Å². The Labute approximate surface area is 316 Å². The SMILES string of the molecule is CC(C)(C)Cc1cnc2c(c1)[C@@H](NC[C@@H](O[Si](C)(C)C(C)(C)C)[C@H](Cc1cccc(C#C[Si](C)(C)C)c1F)NC(=O)OC(C)(C)C)CC1(CCC1)O2. The molecule has 10 heteroatoms. The van der Waals surface area contributed by atoms with Crippen LogP contribution in [0.4, 0.5) is 9.18 Å². The fraction of sp³-hybridized carbons (Fsp3) is 0.667.